The summed E-state index contributed by atoms with van der Waals surface area (Å²) in [5, 5.41) is 20.8. The van der Waals surface area contributed by atoms with Crippen LogP contribution in [-0.4, -0.2) is 40.1 Å². The molecule has 0 saturated carbocycles. The van der Waals surface area contributed by atoms with E-state index in [0.717, 1.165) is 16.7 Å². The zero-order valence-electron chi connectivity index (χ0n) is 18.3. The summed E-state index contributed by atoms with van der Waals surface area (Å²) >= 11 is 0. The summed E-state index contributed by atoms with van der Waals surface area (Å²) in [6.07, 6.45) is 1.25. The second-order valence-electron chi connectivity index (χ2n) is 7.96. The normalized spacial score (nSPS) is 15.6. The SMILES string of the molecule is N#CCCCC[C@H](NC(=O)[C@@H]1Cc2ccccc2CN1C(=O)OCc1ccccc1)C(=O)O. The van der Waals surface area contributed by atoms with Crippen molar-refractivity contribution in [2.24, 2.45) is 0 Å². The number of fused-ring (bicyclic) bond motifs is 1. The summed E-state index contributed by atoms with van der Waals surface area (Å²) in [6, 6.07) is 16.8. The Kier molecular flexibility index (Phi) is 8.42. The Balaban J connectivity index is 1.72. The highest BCUT2D eigenvalue weighted by Gasteiger charge is 2.37. The number of nitrogens with zero attached hydrogens (tertiary/aromatic N) is 2. The minimum absolute atomic E-state index is 0.0722. The first-order chi connectivity index (χ1) is 16.0. The second kappa shape index (κ2) is 11.7. The molecule has 8 nitrogen and oxygen atoms in total. The van der Waals surface area contributed by atoms with Crippen LogP contribution in [0.5, 0.6) is 0 Å². The maximum absolute atomic E-state index is 13.1. The van der Waals surface area contributed by atoms with Crippen molar-refractivity contribution >= 4 is 18.0 Å². The lowest BCUT2D eigenvalue weighted by Crippen LogP contribution is -2.55. The van der Waals surface area contributed by atoms with Crippen LogP contribution in [0.2, 0.25) is 0 Å². The van der Waals surface area contributed by atoms with Crippen LogP contribution in [0, 0.1) is 11.3 Å². The highest BCUT2D eigenvalue weighted by atomic mass is 16.6. The number of carbonyl (C=O) groups excluding carboxylic acids is 2. The predicted octanol–water partition coefficient (Wildman–Crippen LogP) is 3.40. The van der Waals surface area contributed by atoms with E-state index in [4.69, 9.17) is 10.00 Å². The molecule has 0 saturated heterocycles. The number of rotatable bonds is 9. The third-order valence-corrected chi connectivity index (χ3v) is 5.64. The van der Waals surface area contributed by atoms with Gasteiger partial charge in [0.1, 0.15) is 18.7 Å². The first kappa shape index (κ1) is 23.8. The molecule has 172 valence electrons. The zero-order chi connectivity index (χ0) is 23.6. The van der Waals surface area contributed by atoms with E-state index >= 15 is 0 Å². The van der Waals surface area contributed by atoms with Crippen LogP contribution in [0.4, 0.5) is 4.79 Å². The molecule has 0 aromatic heterocycles. The van der Waals surface area contributed by atoms with Crippen molar-refractivity contribution in [3.63, 3.8) is 0 Å². The summed E-state index contributed by atoms with van der Waals surface area (Å²) in [5.74, 6) is -1.68. The number of ether oxygens (including phenoxy) is 1. The van der Waals surface area contributed by atoms with Gasteiger partial charge in [-0.3, -0.25) is 9.69 Å². The van der Waals surface area contributed by atoms with Gasteiger partial charge in [-0.05, 0) is 36.0 Å². The topological polar surface area (TPSA) is 120 Å². The van der Waals surface area contributed by atoms with Gasteiger partial charge in [0.15, 0.2) is 0 Å². The number of hydrogen-bond donors (Lipinski definition) is 2. The van der Waals surface area contributed by atoms with Gasteiger partial charge < -0.3 is 15.2 Å². The Bertz CT molecular complexity index is 1020. The molecule has 2 aromatic rings. The molecule has 2 aromatic carbocycles. The van der Waals surface area contributed by atoms with E-state index in [1.807, 2.05) is 60.7 Å². The van der Waals surface area contributed by atoms with Crippen LogP contribution >= 0.6 is 0 Å². The molecule has 1 heterocycles. The fourth-order valence-electron chi connectivity index (χ4n) is 3.83. The van der Waals surface area contributed by atoms with Crippen molar-refractivity contribution < 1.29 is 24.2 Å². The molecule has 1 aliphatic heterocycles. The van der Waals surface area contributed by atoms with Gasteiger partial charge in [0.05, 0.1) is 12.6 Å². The van der Waals surface area contributed by atoms with Gasteiger partial charge in [-0.15, -0.1) is 0 Å². The molecule has 0 fully saturated rings. The van der Waals surface area contributed by atoms with E-state index in [1.165, 1.54) is 4.90 Å². The number of amides is 2. The van der Waals surface area contributed by atoms with Crippen LogP contribution in [0.3, 0.4) is 0 Å². The first-order valence-corrected chi connectivity index (χ1v) is 10.9. The smallest absolute Gasteiger partial charge is 0.411 e. The van der Waals surface area contributed by atoms with E-state index in [-0.39, 0.29) is 26.0 Å². The van der Waals surface area contributed by atoms with Gasteiger partial charge in [0.25, 0.3) is 0 Å². The van der Waals surface area contributed by atoms with E-state index < -0.39 is 30.1 Å². The number of carboxylic acid groups (broad SMARTS) is 1. The summed E-state index contributed by atoms with van der Waals surface area (Å²) in [6.45, 7) is 0.268. The van der Waals surface area contributed by atoms with Crippen molar-refractivity contribution in [2.45, 2.75) is 57.3 Å². The predicted molar refractivity (Wildman–Crippen MR) is 120 cm³/mol. The maximum atomic E-state index is 13.1. The number of nitriles is 1. The summed E-state index contributed by atoms with van der Waals surface area (Å²) in [4.78, 5) is 39.1. The molecule has 2 atom stereocenters. The van der Waals surface area contributed by atoms with Gasteiger partial charge in [-0.2, -0.15) is 5.26 Å². The molecule has 2 N–H and O–H groups in total. The molecule has 3 rings (SSSR count). The highest BCUT2D eigenvalue weighted by Crippen LogP contribution is 2.25. The molecule has 0 unspecified atom stereocenters. The Hall–Kier alpha value is -3.86. The number of unbranched alkanes of at least 4 members (excludes halogenated alkanes) is 2. The lowest BCUT2D eigenvalue weighted by atomic mass is 9.93. The molecule has 0 spiro atoms. The Morgan fingerprint density at radius 2 is 1.79 bits per heavy atom. The highest BCUT2D eigenvalue weighted by molar-refractivity contribution is 5.89. The average Bonchev–Trinajstić information content (AvgIpc) is 2.84. The largest absolute Gasteiger partial charge is 0.480 e. The van der Waals surface area contributed by atoms with E-state index in [1.54, 1.807) is 0 Å². The number of nitrogens with one attached hydrogen (secondary N) is 1. The van der Waals surface area contributed by atoms with Crippen LogP contribution in [0.1, 0.15) is 42.4 Å². The molecule has 33 heavy (non-hydrogen) atoms. The van der Waals surface area contributed by atoms with Gasteiger partial charge in [0.2, 0.25) is 5.91 Å². The van der Waals surface area contributed by atoms with Crippen LogP contribution in [0.15, 0.2) is 54.6 Å². The zero-order valence-corrected chi connectivity index (χ0v) is 18.3. The number of carboxylic acids is 1. The lowest BCUT2D eigenvalue weighted by Gasteiger charge is -2.35. The first-order valence-electron chi connectivity index (χ1n) is 10.9. The van der Waals surface area contributed by atoms with Crippen molar-refractivity contribution in [3.8, 4) is 6.07 Å². The third kappa shape index (κ3) is 6.56. The maximum Gasteiger partial charge on any atom is 0.411 e. The average molecular weight is 450 g/mol. The van der Waals surface area contributed by atoms with Gasteiger partial charge in [0, 0.05) is 12.8 Å². The third-order valence-electron chi connectivity index (χ3n) is 5.64. The summed E-state index contributed by atoms with van der Waals surface area (Å²) in [5.41, 5.74) is 2.68. The van der Waals surface area contributed by atoms with Gasteiger partial charge >= 0.3 is 12.1 Å². The minimum atomic E-state index is -1.14. The summed E-state index contributed by atoms with van der Waals surface area (Å²) < 4.78 is 5.47. The molecular formula is C25H27N3O5. The van der Waals surface area contributed by atoms with Crippen molar-refractivity contribution in [2.75, 3.05) is 0 Å². The fourth-order valence-corrected chi connectivity index (χ4v) is 3.83. The molecule has 1 aliphatic rings. The van der Waals surface area contributed by atoms with Crippen molar-refractivity contribution in [1.29, 1.82) is 5.26 Å². The molecule has 0 bridgehead atoms. The Labute approximate surface area is 192 Å². The van der Waals surface area contributed by atoms with Gasteiger partial charge in [-0.1, -0.05) is 54.6 Å². The van der Waals surface area contributed by atoms with Crippen molar-refractivity contribution in [1.82, 2.24) is 10.2 Å². The van der Waals surface area contributed by atoms with E-state index in [9.17, 15) is 19.5 Å². The quantitative estimate of drug-likeness (QED) is 0.566. The molecule has 2 amide bonds. The van der Waals surface area contributed by atoms with Crippen LogP contribution in [0.25, 0.3) is 0 Å². The Morgan fingerprint density at radius 3 is 2.48 bits per heavy atom. The number of aliphatic carboxylic acids is 1. The molecule has 0 radical (unpaired) electrons. The second-order valence-corrected chi connectivity index (χ2v) is 7.96. The number of carbonyl (C=O) groups is 3. The van der Waals surface area contributed by atoms with Crippen LogP contribution in [-0.2, 0) is 33.9 Å². The van der Waals surface area contributed by atoms with Crippen molar-refractivity contribution in [3.05, 3.63) is 71.3 Å². The summed E-state index contributed by atoms with van der Waals surface area (Å²) in [7, 11) is 0. The standard InChI is InChI=1S/C25H27N3O5/c26-14-8-2-5-13-21(24(30)31)27-23(29)22-15-19-11-6-7-12-20(19)16-28(22)25(32)33-17-18-9-3-1-4-10-18/h1,3-4,6-7,9-12,21-22H,2,5,8,13,15-17H2,(H,27,29)(H,30,31)/t21-,22-/m0/s1. The Morgan fingerprint density at radius 1 is 1.09 bits per heavy atom. The number of hydrogen-bond acceptors (Lipinski definition) is 5. The van der Waals surface area contributed by atoms with Gasteiger partial charge in [-0.25, -0.2) is 9.59 Å². The molecular weight excluding hydrogens is 422 g/mol. The van der Waals surface area contributed by atoms with Crippen LogP contribution < -0.4 is 5.32 Å². The molecule has 8 heteroatoms. The number of benzene rings is 2. The van der Waals surface area contributed by atoms with E-state index in [2.05, 4.69) is 5.32 Å². The fraction of sp³-hybridized carbons (Fsp3) is 0.360. The minimum Gasteiger partial charge on any atom is -0.480 e. The monoisotopic (exact) mass is 449 g/mol. The lowest BCUT2D eigenvalue weighted by molar-refractivity contribution is -0.143. The molecule has 0 aliphatic carbocycles. The van der Waals surface area contributed by atoms with E-state index in [0.29, 0.717) is 19.3 Å².